The Morgan fingerprint density at radius 1 is 1.30 bits per heavy atom. The summed E-state index contributed by atoms with van der Waals surface area (Å²) in [5.74, 6) is 0. The number of nitrogens with one attached hydrogen (secondary N) is 1. The second kappa shape index (κ2) is 7.99. The zero-order chi connectivity index (χ0) is 14.4. The van der Waals surface area contributed by atoms with E-state index >= 15 is 0 Å². The van der Waals surface area contributed by atoms with Gasteiger partial charge < -0.3 is 10.1 Å². The largest absolute Gasteiger partial charge is 0.372 e. The Balaban J connectivity index is 1.75. The molecule has 2 rings (SSSR count). The van der Waals surface area contributed by atoms with Crippen LogP contribution in [-0.4, -0.2) is 43.8 Å². The van der Waals surface area contributed by atoms with Gasteiger partial charge >= 0.3 is 0 Å². The molecule has 2 atom stereocenters. The fourth-order valence-electron chi connectivity index (χ4n) is 2.70. The maximum Gasteiger partial charge on any atom is 0.0707 e. The number of halogens is 1. The van der Waals surface area contributed by atoms with Crippen LogP contribution in [0.4, 0.5) is 0 Å². The van der Waals surface area contributed by atoms with Gasteiger partial charge in [-0.1, -0.05) is 36.7 Å². The van der Waals surface area contributed by atoms with Crippen LogP contribution >= 0.6 is 11.6 Å². The number of rotatable bonds is 7. The topological polar surface area (TPSA) is 24.5 Å². The smallest absolute Gasteiger partial charge is 0.0707 e. The average molecular weight is 297 g/mol. The van der Waals surface area contributed by atoms with Gasteiger partial charge in [0.15, 0.2) is 0 Å². The standard InChI is InChI=1S/C16H25ClN2O/c1-3-18-10-14-8-9-15(20-14)12-19(2)11-13-6-4-5-7-16(13)17/h4-7,14-15,18H,3,8-12H2,1-2H3. The molecule has 20 heavy (non-hydrogen) atoms. The average Bonchev–Trinajstić information content (AvgIpc) is 2.86. The van der Waals surface area contributed by atoms with Crippen LogP contribution in [0.1, 0.15) is 25.3 Å². The minimum Gasteiger partial charge on any atom is -0.372 e. The van der Waals surface area contributed by atoms with Crippen molar-refractivity contribution < 1.29 is 4.74 Å². The fraction of sp³-hybridized carbons (Fsp3) is 0.625. The van der Waals surface area contributed by atoms with Gasteiger partial charge in [-0.25, -0.2) is 0 Å². The van der Waals surface area contributed by atoms with Crippen molar-refractivity contribution >= 4 is 11.6 Å². The van der Waals surface area contributed by atoms with Crippen molar-refractivity contribution in [2.75, 3.05) is 26.7 Å². The Morgan fingerprint density at radius 2 is 2.05 bits per heavy atom. The molecular weight excluding hydrogens is 272 g/mol. The lowest BCUT2D eigenvalue weighted by atomic mass is 10.1. The monoisotopic (exact) mass is 296 g/mol. The van der Waals surface area contributed by atoms with E-state index in [2.05, 4.69) is 30.3 Å². The predicted octanol–water partition coefficient (Wildman–Crippen LogP) is 2.93. The molecule has 0 radical (unpaired) electrons. The summed E-state index contributed by atoms with van der Waals surface area (Å²) in [5.41, 5.74) is 1.18. The lowest BCUT2D eigenvalue weighted by molar-refractivity contribution is 0.0270. The molecule has 3 nitrogen and oxygen atoms in total. The summed E-state index contributed by atoms with van der Waals surface area (Å²) in [5, 5.41) is 4.20. The summed E-state index contributed by atoms with van der Waals surface area (Å²) in [4.78, 5) is 2.29. The highest BCUT2D eigenvalue weighted by Crippen LogP contribution is 2.21. The first kappa shape index (κ1) is 15.8. The van der Waals surface area contributed by atoms with Crippen molar-refractivity contribution in [3.63, 3.8) is 0 Å². The van der Waals surface area contributed by atoms with Crippen LogP contribution in [0.3, 0.4) is 0 Å². The van der Waals surface area contributed by atoms with E-state index in [1.165, 1.54) is 5.56 Å². The maximum atomic E-state index is 6.20. The Kier molecular flexibility index (Phi) is 6.30. The van der Waals surface area contributed by atoms with Crippen molar-refractivity contribution in [1.82, 2.24) is 10.2 Å². The van der Waals surface area contributed by atoms with Crippen LogP contribution < -0.4 is 5.32 Å². The molecule has 1 N–H and O–H groups in total. The molecule has 112 valence electrons. The Bertz CT molecular complexity index is 413. The first-order valence-electron chi connectivity index (χ1n) is 7.47. The third kappa shape index (κ3) is 4.74. The summed E-state index contributed by atoms with van der Waals surface area (Å²) in [6.07, 6.45) is 3.06. The zero-order valence-corrected chi connectivity index (χ0v) is 13.2. The molecule has 0 amide bonds. The van der Waals surface area contributed by atoms with E-state index in [1.807, 2.05) is 18.2 Å². The van der Waals surface area contributed by atoms with Gasteiger partial charge in [-0.2, -0.15) is 0 Å². The predicted molar refractivity (Wildman–Crippen MR) is 84.2 cm³/mol. The van der Waals surface area contributed by atoms with Gasteiger partial charge in [0.1, 0.15) is 0 Å². The van der Waals surface area contributed by atoms with E-state index in [0.717, 1.165) is 44.0 Å². The molecule has 0 bridgehead atoms. The molecule has 0 saturated carbocycles. The van der Waals surface area contributed by atoms with Crippen molar-refractivity contribution in [1.29, 1.82) is 0 Å². The highest BCUT2D eigenvalue weighted by Gasteiger charge is 2.25. The highest BCUT2D eigenvalue weighted by molar-refractivity contribution is 6.31. The van der Waals surface area contributed by atoms with E-state index in [4.69, 9.17) is 16.3 Å². The van der Waals surface area contributed by atoms with E-state index < -0.39 is 0 Å². The highest BCUT2D eigenvalue weighted by atomic mass is 35.5. The summed E-state index contributed by atoms with van der Waals surface area (Å²) in [6.45, 7) is 5.95. The number of nitrogens with zero attached hydrogens (tertiary/aromatic N) is 1. The minimum atomic E-state index is 0.353. The van der Waals surface area contributed by atoms with Gasteiger partial charge in [0.2, 0.25) is 0 Å². The lowest BCUT2D eigenvalue weighted by Gasteiger charge is -2.22. The summed E-state index contributed by atoms with van der Waals surface area (Å²) in [6, 6.07) is 8.04. The Labute approximate surface area is 127 Å². The van der Waals surface area contributed by atoms with Gasteiger partial charge in [-0.15, -0.1) is 0 Å². The van der Waals surface area contributed by atoms with Gasteiger partial charge in [0.25, 0.3) is 0 Å². The third-order valence-corrected chi connectivity index (χ3v) is 4.10. The van der Waals surface area contributed by atoms with Crippen LogP contribution in [0.5, 0.6) is 0 Å². The van der Waals surface area contributed by atoms with Gasteiger partial charge in [0, 0.05) is 24.7 Å². The molecule has 1 saturated heterocycles. The maximum absolute atomic E-state index is 6.20. The molecule has 1 aromatic rings. The van der Waals surface area contributed by atoms with Crippen molar-refractivity contribution in [3.8, 4) is 0 Å². The molecule has 1 fully saturated rings. The summed E-state index contributed by atoms with van der Waals surface area (Å²) >= 11 is 6.20. The number of hydrogen-bond acceptors (Lipinski definition) is 3. The number of benzene rings is 1. The van der Waals surface area contributed by atoms with Crippen LogP contribution in [-0.2, 0) is 11.3 Å². The van der Waals surface area contributed by atoms with Gasteiger partial charge in [-0.3, -0.25) is 4.90 Å². The first-order chi connectivity index (χ1) is 9.69. The normalized spacial score (nSPS) is 22.6. The zero-order valence-electron chi connectivity index (χ0n) is 12.4. The Morgan fingerprint density at radius 3 is 2.80 bits per heavy atom. The van der Waals surface area contributed by atoms with Crippen molar-refractivity contribution in [2.24, 2.45) is 0 Å². The van der Waals surface area contributed by atoms with Crippen molar-refractivity contribution in [3.05, 3.63) is 34.9 Å². The molecule has 4 heteroatoms. The summed E-state index contributed by atoms with van der Waals surface area (Å²) in [7, 11) is 2.13. The van der Waals surface area contributed by atoms with Gasteiger partial charge in [-0.05, 0) is 38.1 Å². The lowest BCUT2D eigenvalue weighted by Crippen LogP contribution is -2.31. The molecular formula is C16H25ClN2O. The second-order valence-electron chi connectivity index (χ2n) is 5.55. The molecule has 1 aliphatic heterocycles. The number of ether oxygens (including phenoxy) is 1. The minimum absolute atomic E-state index is 0.353. The molecule has 0 aromatic heterocycles. The van der Waals surface area contributed by atoms with Crippen LogP contribution in [0.2, 0.25) is 5.02 Å². The second-order valence-corrected chi connectivity index (χ2v) is 5.96. The molecule has 1 heterocycles. The SMILES string of the molecule is CCNCC1CCC(CN(C)Cc2ccccc2Cl)O1. The van der Waals surface area contributed by atoms with E-state index in [-0.39, 0.29) is 0 Å². The van der Waals surface area contributed by atoms with E-state index in [0.29, 0.717) is 12.2 Å². The molecule has 0 aliphatic carbocycles. The van der Waals surface area contributed by atoms with Gasteiger partial charge in [0.05, 0.1) is 12.2 Å². The molecule has 2 unspecified atom stereocenters. The number of hydrogen-bond donors (Lipinski definition) is 1. The van der Waals surface area contributed by atoms with Crippen LogP contribution in [0.15, 0.2) is 24.3 Å². The van der Waals surface area contributed by atoms with E-state index in [1.54, 1.807) is 0 Å². The summed E-state index contributed by atoms with van der Waals surface area (Å²) < 4.78 is 6.06. The van der Waals surface area contributed by atoms with Crippen LogP contribution in [0, 0.1) is 0 Å². The van der Waals surface area contributed by atoms with Crippen molar-refractivity contribution in [2.45, 2.75) is 38.5 Å². The first-order valence-corrected chi connectivity index (χ1v) is 7.85. The third-order valence-electron chi connectivity index (χ3n) is 3.73. The molecule has 0 spiro atoms. The van der Waals surface area contributed by atoms with E-state index in [9.17, 15) is 0 Å². The fourth-order valence-corrected chi connectivity index (χ4v) is 2.89. The molecule has 1 aliphatic rings. The number of likely N-dealkylation sites (N-methyl/N-ethyl adjacent to an activating group) is 2. The van der Waals surface area contributed by atoms with Crippen LogP contribution in [0.25, 0.3) is 0 Å². The quantitative estimate of drug-likeness (QED) is 0.837. The Hall–Kier alpha value is -0.610. The molecule has 1 aromatic carbocycles.